The van der Waals surface area contributed by atoms with Crippen molar-refractivity contribution in [2.24, 2.45) is 11.8 Å². The van der Waals surface area contributed by atoms with Crippen molar-refractivity contribution in [3.63, 3.8) is 0 Å². The summed E-state index contributed by atoms with van der Waals surface area (Å²) in [6.07, 6.45) is 0.913. The molecule has 162 valence electrons. The Morgan fingerprint density at radius 3 is 2.62 bits per heavy atom. The van der Waals surface area contributed by atoms with Gasteiger partial charge < -0.3 is 10.1 Å². The fourth-order valence-electron chi connectivity index (χ4n) is 5.15. The highest BCUT2D eigenvalue weighted by atomic mass is 19.4. The number of carbonyl (C=O) groups excluding carboxylic acids is 1. The van der Waals surface area contributed by atoms with Crippen molar-refractivity contribution in [1.82, 2.24) is 15.8 Å². The summed E-state index contributed by atoms with van der Waals surface area (Å²) in [7, 11) is 0. The average molecular weight is 414 g/mol. The minimum Gasteiger partial charge on any atom is -0.363 e. The second-order valence-corrected chi connectivity index (χ2v) is 8.27. The highest BCUT2D eigenvalue weighted by Gasteiger charge is 2.49. The molecule has 0 radical (unpaired) electrons. The van der Waals surface area contributed by atoms with Gasteiger partial charge in [0.25, 0.3) is 0 Å². The van der Waals surface area contributed by atoms with E-state index in [1.165, 1.54) is 6.08 Å². The second kappa shape index (κ2) is 9.45. The first-order valence-electron chi connectivity index (χ1n) is 10.3. The number of fused-ring (bicyclic) bond motifs is 1. The Hall–Kier alpha value is -1.63. The molecular weight excluding hydrogens is 385 g/mol. The van der Waals surface area contributed by atoms with Gasteiger partial charge in [-0.2, -0.15) is 18.4 Å². The van der Waals surface area contributed by atoms with Crippen molar-refractivity contribution >= 4 is 5.91 Å². The number of carbonyl (C=O) groups is 1. The lowest BCUT2D eigenvalue weighted by Crippen LogP contribution is -2.50. The van der Waals surface area contributed by atoms with Gasteiger partial charge in [-0.1, -0.05) is 6.58 Å². The molecule has 4 atom stereocenters. The molecule has 0 aromatic rings. The molecule has 0 aromatic heterocycles. The van der Waals surface area contributed by atoms with E-state index in [1.54, 1.807) is 0 Å². The molecule has 2 N–H and O–H groups in total. The number of hydrogen-bond donors (Lipinski definition) is 2. The fraction of sp³-hybridized carbons (Fsp3) is 0.800. The number of rotatable bonds is 6. The number of nitrogens with one attached hydrogen (secondary N) is 2. The highest BCUT2D eigenvalue weighted by Crippen LogP contribution is 2.43. The molecule has 3 fully saturated rings. The summed E-state index contributed by atoms with van der Waals surface area (Å²) in [5.41, 5.74) is 3.49. The first kappa shape index (κ1) is 22.1. The molecule has 29 heavy (non-hydrogen) atoms. The molecule has 1 aliphatic heterocycles. The third-order valence-corrected chi connectivity index (χ3v) is 6.62. The van der Waals surface area contributed by atoms with Crippen LogP contribution in [0.15, 0.2) is 12.7 Å². The summed E-state index contributed by atoms with van der Waals surface area (Å²) in [6.45, 7) is 3.94. The lowest BCUT2D eigenvalue weighted by atomic mass is 9.78. The molecule has 6 nitrogen and oxygen atoms in total. The number of alkyl halides is 3. The van der Waals surface area contributed by atoms with Gasteiger partial charge in [0.1, 0.15) is 6.61 Å². The maximum atomic E-state index is 13.0. The Morgan fingerprint density at radius 2 is 2.00 bits per heavy atom. The number of amides is 1. The smallest absolute Gasteiger partial charge is 0.363 e. The van der Waals surface area contributed by atoms with Crippen molar-refractivity contribution in [2.75, 3.05) is 13.2 Å². The molecule has 0 aromatic carbocycles. The van der Waals surface area contributed by atoms with Crippen molar-refractivity contribution in [2.45, 2.75) is 75.4 Å². The van der Waals surface area contributed by atoms with Gasteiger partial charge in [0.2, 0.25) is 5.91 Å². The zero-order chi connectivity index (χ0) is 21.0. The summed E-state index contributed by atoms with van der Waals surface area (Å²) in [4.78, 5) is 11.6. The SMILES string of the molecule is C=CC(=O)NCC1NN(C2CCC(C(F)(F)F)CC2)C2CCC(OCC#N)CC12. The lowest BCUT2D eigenvalue weighted by molar-refractivity contribution is -0.185. The van der Waals surface area contributed by atoms with E-state index in [2.05, 4.69) is 22.3 Å². The van der Waals surface area contributed by atoms with Gasteiger partial charge in [-0.15, -0.1) is 0 Å². The molecule has 1 heterocycles. The second-order valence-electron chi connectivity index (χ2n) is 8.27. The Labute approximate surface area is 169 Å². The molecule has 2 saturated carbocycles. The van der Waals surface area contributed by atoms with E-state index in [4.69, 9.17) is 10.00 Å². The predicted molar refractivity (Wildman–Crippen MR) is 100 cm³/mol. The summed E-state index contributed by atoms with van der Waals surface area (Å²) in [5, 5.41) is 13.8. The summed E-state index contributed by atoms with van der Waals surface area (Å²) < 4.78 is 44.7. The monoisotopic (exact) mass is 414 g/mol. The van der Waals surface area contributed by atoms with Gasteiger partial charge in [-0.3, -0.25) is 4.79 Å². The quantitative estimate of drug-likeness (QED) is 0.654. The topological polar surface area (TPSA) is 77.4 Å². The van der Waals surface area contributed by atoms with E-state index < -0.39 is 12.1 Å². The maximum absolute atomic E-state index is 13.0. The van der Waals surface area contributed by atoms with Crippen LogP contribution in [0.25, 0.3) is 0 Å². The Kier molecular flexibility index (Phi) is 7.19. The maximum Gasteiger partial charge on any atom is 0.391 e. The molecular formula is C20H29F3N4O2. The van der Waals surface area contributed by atoms with Crippen LogP contribution in [0.5, 0.6) is 0 Å². The fourth-order valence-corrected chi connectivity index (χ4v) is 5.15. The first-order valence-corrected chi connectivity index (χ1v) is 10.3. The van der Waals surface area contributed by atoms with Crippen LogP contribution in [0.3, 0.4) is 0 Å². The highest BCUT2D eigenvalue weighted by molar-refractivity contribution is 5.86. The standard InChI is InChI=1S/C20H29F3N4O2/c1-2-19(28)25-12-17-16-11-15(29-10-9-24)7-8-18(16)27(26-17)14-5-3-13(4-6-14)20(21,22)23/h2,13-18,26H,1,3-8,10-12H2,(H,25,28). The van der Waals surface area contributed by atoms with E-state index in [1.807, 2.05) is 6.07 Å². The van der Waals surface area contributed by atoms with E-state index in [0.29, 0.717) is 19.4 Å². The Morgan fingerprint density at radius 1 is 1.28 bits per heavy atom. The average Bonchev–Trinajstić information content (AvgIpc) is 3.07. The number of nitriles is 1. The third-order valence-electron chi connectivity index (χ3n) is 6.62. The van der Waals surface area contributed by atoms with Gasteiger partial charge >= 0.3 is 6.18 Å². The summed E-state index contributed by atoms with van der Waals surface area (Å²) in [6, 6.07) is 2.26. The van der Waals surface area contributed by atoms with Crippen LogP contribution in [0, 0.1) is 23.2 Å². The first-order chi connectivity index (χ1) is 13.8. The van der Waals surface area contributed by atoms with E-state index >= 15 is 0 Å². The molecule has 1 amide bonds. The van der Waals surface area contributed by atoms with Crippen LogP contribution in [-0.2, 0) is 9.53 Å². The molecule has 3 rings (SSSR count). The van der Waals surface area contributed by atoms with Crippen molar-refractivity contribution in [3.8, 4) is 6.07 Å². The molecule has 3 aliphatic rings. The summed E-state index contributed by atoms with van der Waals surface area (Å²) in [5.74, 6) is -1.24. The van der Waals surface area contributed by atoms with Crippen molar-refractivity contribution in [1.29, 1.82) is 5.26 Å². The van der Waals surface area contributed by atoms with Gasteiger partial charge in [0, 0.05) is 24.7 Å². The number of nitrogens with zero attached hydrogens (tertiary/aromatic N) is 2. The van der Waals surface area contributed by atoms with E-state index in [9.17, 15) is 18.0 Å². The van der Waals surface area contributed by atoms with Crippen LogP contribution >= 0.6 is 0 Å². The number of halogens is 3. The van der Waals surface area contributed by atoms with Gasteiger partial charge in [-0.05, 0) is 56.9 Å². The molecule has 4 unspecified atom stereocenters. The van der Waals surface area contributed by atoms with Gasteiger partial charge in [-0.25, -0.2) is 10.4 Å². The minimum absolute atomic E-state index is 0.00350. The van der Waals surface area contributed by atoms with Crippen LogP contribution in [0.4, 0.5) is 13.2 Å². The normalized spacial score (nSPS) is 35.5. The largest absolute Gasteiger partial charge is 0.391 e. The van der Waals surface area contributed by atoms with Crippen LogP contribution in [-0.4, -0.2) is 54.5 Å². The molecule has 0 spiro atoms. The molecule has 9 heteroatoms. The van der Waals surface area contributed by atoms with E-state index in [-0.39, 0.29) is 55.5 Å². The number of ether oxygens (including phenoxy) is 1. The zero-order valence-corrected chi connectivity index (χ0v) is 16.5. The Bertz CT molecular complexity index is 628. The molecule has 0 bridgehead atoms. The summed E-state index contributed by atoms with van der Waals surface area (Å²) >= 11 is 0. The van der Waals surface area contributed by atoms with Crippen molar-refractivity contribution < 1.29 is 22.7 Å². The van der Waals surface area contributed by atoms with Crippen LogP contribution < -0.4 is 10.7 Å². The number of hydrogen-bond acceptors (Lipinski definition) is 5. The van der Waals surface area contributed by atoms with Crippen LogP contribution in [0.2, 0.25) is 0 Å². The Balaban J connectivity index is 1.65. The molecule has 1 saturated heterocycles. The zero-order valence-electron chi connectivity index (χ0n) is 16.5. The predicted octanol–water partition coefficient (Wildman–Crippen LogP) is 2.68. The minimum atomic E-state index is -4.11. The lowest BCUT2D eigenvalue weighted by Gasteiger charge is -2.41. The van der Waals surface area contributed by atoms with Crippen molar-refractivity contribution in [3.05, 3.63) is 12.7 Å². The van der Waals surface area contributed by atoms with Gasteiger partial charge in [0.05, 0.1) is 18.1 Å². The number of hydrazine groups is 1. The van der Waals surface area contributed by atoms with Gasteiger partial charge in [0.15, 0.2) is 0 Å². The third kappa shape index (κ3) is 5.30. The van der Waals surface area contributed by atoms with Crippen LogP contribution in [0.1, 0.15) is 44.9 Å². The molecule has 2 aliphatic carbocycles. The van der Waals surface area contributed by atoms with E-state index in [0.717, 1.165) is 19.3 Å².